The maximum Gasteiger partial charge on any atom is 0.200 e. The van der Waals surface area contributed by atoms with Crippen LogP contribution >= 0.6 is 0 Å². The van der Waals surface area contributed by atoms with Crippen LogP contribution in [0.25, 0.3) is 0 Å². The standard InChI is InChI=1S/C10H15N5/c1-2-6-15-9(3-4-13-15)8-14-7-5-12-10(14)11/h3-5,7H,2,6,8H2,1H3,(H2,11,12). The summed E-state index contributed by atoms with van der Waals surface area (Å²) in [6.45, 7) is 3.81. The topological polar surface area (TPSA) is 61.7 Å². The van der Waals surface area contributed by atoms with E-state index in [-0.39, 0.29) is 0 Å². The first kappa shape index (κ1) is 9.76. The van der Waals surface area contributed by atoms with Gasteiger partial charge in [0, 0.05) is 25.1 Å². The van der Waals surface area contributed by atoms with Crippen LogP contribution in [0.1, 0.15) is 19.0 Å². The van der Waals surface area contributed by atoms with Crippen LogP contribution in [0.15, 0.2) is 24.7 Å². The van der Waals surface area contributed by atoms with Crippen molar-refractivity contribution in [1.29, 1.82) is 0 Å². The number of hydrogen-bond donors (Lipinski definition) is 1. The van der Waals surface area contributed by atoms with Crippen molar-refractivity contribution in [2.24, 2.45) is 0 Å². The van der Waals surface area contributed by atoms with E-state index in [0.29, 0.717) is 5.95 Å². The molecule has 0 fully saturated rings. The summed E-state index contributed by atoms with van der Waals surface area (Å²) in [6.07, 6.45) is 6.47. The molecule has 0 saturated heterocycles. The number of aryl methyl sites for hydroxylation is 1. The lowest BCUT2D eigenvalue weighted by atomic mass is 10.4. The van der Waals surface area contributed by atoms with E-state index in [9.17, 15) is 0 Å². The van der Waals surface area contributed by atoms with Crippen LogP contribution in [0.2, 0.25) is 0 Å². The zero-order valence-electron chi connectivity index (χ0n) is 8.80. The van der Waals surface area contributed by atoms with Crippen molar-refractivity contribution in [3.63, 3.8) is 0 Å². The van der Waals surface area contributed by atoms with Crippen molar-refractivity contribution in [2.75, 3.05) is 5.73 Å². The van der Waals surface area contributed by atoms with Gasteiger partial charge < -0.3 is 10.3 Å². The molecule has 5 heteroatoms. The highest BCUT2D eigenvalue weighted by molar-refractivity contribution is 5.18. The molecule has 0 unspecified atom stereocenters. The second-order valence-corrected chi connectivity index (χ2v) is 3.46. The third-order valence-electron chi connectivity index (χ3n) is 2.32. The van der Waals surface area contributed by atoms with E-state index in [1.807, 2.05) is 27.7 Å². The second-order valence-electron chi connectivity index (χ2n) is 3.46. The third kappa shape index (κ3) is 2.01. The van der Waals surface area contributed by atoms with Gasteiger partial charge in [0.2, 0.25) is 0 Å². The number of nitrogens with two attached hydrogens (primary N) is 1. The fourth-order valence-electron chi connectivity index (χ4n) is 1.56. The van der Waals surface area contributed by atoms with Crippen molar-refractivity contribution in [1.82, 2.24) is 19.3 Å². The Hall–Kier alpha value is -1.78. The number of nitrogen functional groups attached to an aromatic ring is 1. The Balaban J connectivity index is 2.17. The van der Waals surface area contributed by atoms with Gasteiger partial charge in [-0.3, -0.25) is 4.68 Å². The van der Waals surface area contributed by atoms with Gasteiger partial charge in [0.1, 0.15) is 0 Å². The van der Waals surface area contributed by atoms with Crippen LogP contribution in [0.5, 0.6) is 0 Å². The van der Waals surface area contributed by atoms with Gasteiger partial charge >= 0.3 is 0 Å². The fraction of sp³-hybridized carbons (Fsp3) is 0.400. The van der Waals surface area contributed by atoms with E-state index in [1.165, 1.54) is 0 Å². The van der Waals surface area contributed by atoms with Crippen LogP contribution in [0.3, 0.4) is 0 Å². The lowest BCUT2D eigenvalue weighted by Gasteiger charge is -2.07. The lowest BCUT2D eigenvalue weighted by molar-refractivity contribution is 0.562. The smallest absolute Gasteiger partial charge is 0.200 e. The van der Waals surface area contributed by atoms with E-state index in [4.69, 9.17) is 5.73 Å². The van der Waals surface area contributed by atoms with Gasteiger partial charge in [0.25, 0.3) is 0 Å². The van der Waals surface area contributed by atoms with Crippen LogP contribution in [0, 0.1) is 0 Å². The summed E-state index contributed by atoms with van der Waals surface area (Å²) >= 11 is 0. The first-order valence-electron chi connectivity index (χ1n) is 5.08. The minimum absolute atomic E-state index is 0.541. The summed E-state index contributed by atoms with van der Waals surface area (Å²) in [5, 5.41) is 4.26. The number of hydrogen-bond acceptors (Lipinski definition) is 3. The molecule has 0 saturated carbocycles. The molecule has 2 N–H and O–H groups in total. The Morgan fingerprint density at radius 2 is 2.27 bits per heavy atom. The largest absolute Gasteiger partial charge is 0.369 e. The fourth-order valence-corrected chi connectivity index (χ4v) is 1.56. The number of aromatic nitrogens is 4. The molecule has 15 heavy (non-hydrogen) atoms. The van der Waals surface area contributed by atoms with Gasteiger partial charge in [-0.05, 0) is 12.5 Å². The molecule has 0 spiro atoms. The minimum Gasteiger partial charge on any atom is -0.369 e. The lowest BCUT2D eigenvalue weighted by Crippen LogP contribution is -2.10. The summed E-state index contributed by atoms with van der Waals surface area (Å²) in [5.41, 5.74) is 6.86. The number of rotatable bonds is 4. The normalized spacial score (nSPS) is 10.7. The maximum atomic E-state index is 5.70. The van der Waals surface area contributed by atoms with Crippen molar-refractivity contribution in [3.05, 3.63) is 30.4 Å². The van der Waals surface area contributed by atoms with E-state index >= 15 is 0 Å². The third-order valence-corrected chi connectivity index (χ3v) is 2.32. The summed E-state index contributed by atoms with van der Waals surface area (Å²) in [7, 11) is 0. The predicted octanol–water partition coefficient (Wildman–Crippen LogP) is 1.12. The summed E-state index contributed by atoms with van der Waals surface area (Å²) in [5.74, 6) is 0.541. The van der Waals surface area contributed by atoms with Gasteiger partial charge in [0.15, 0.2) is 5.95 Å². The van der Waals surface area contributed by atoms with Crippen molar-refractivity contribution >= 4 is 5.95 Å². The van der Waals surface area contributed by atoms with E-state index in [1.54, 1.807) is 6.20 Å². The Labute approximate surface area is 88.5 Å². The van der Waals surface area contributed by atoms with Crippen molar-refractivity contribution < 1.29 is 0 Å². The molecule has 0 aliphatic rings. The molecule has 2 aromatic heterocycles. The molecule has 2 heterocycles. The molecule has 0 atom stereocenters. The average Bonchev–Trinajstić information content (AvgIpc) is 2.80. The zero-order chi connectivity index (χ0) is 10.7. The molecular formula is C10H15N5. The van der Waals surface area contributed by atoms with Gasteiger partial charge in [0.05, 0.1) is 12.2 Å². The summed E-state index contributed by atoms with van der Waals surface area (Å²) in [4.78, 5) is 3.98. The molecule has 0 amide bonds. The van der Waals surface area contributed by atoms with Gasteiger partial charge in [-0.25, -0.2) is 4.98 Å². The highest BCUT2D eigenvalue weighted by Gasteiger charge is 2.04. The molecule has 0 aromatic carbocycles. The van der Waals surface area contributed by atoms with Crippen LogP contribution in [0.4, 0.5) is 5.95 Å². The van der Waals surface area contributed by atoms with E-state index in [2.05, 4.69) is 17.0 Å². The van der Waals surface area contributed by atoms with Crippen molar-refractivity contribution in [2.45, 2.75) is 26.4 Å². The van der Waals surface area contributed by atoms with Crippen molar-refractivity contribution in [3.8, 4) is 0 Å². The summed E-state index contributed by atoms with van der Waals surface area (Å²) in [6, 6.07) is 2.01. The van der Waals surface area contributed by atoms with Gasteiger partial charge in [-0.1, -0.05) is 6.92 Å². The molecule has 0 radical (unpaired) electrons. The first-order valence-corrected chi connectivity index (χ1v) is 5.08. The Morgan fingerprint density at radius 3 is 2.93 bits per heavy atom. The van der Waals surface area contributed by atoms with Crippen LogP contribution < -0.4 is 5.73 Å². The van der Waals surface area contributed by atoms with Gasteiger partial charge in [-0.2, -0.15) is 5.10 Å². The molecule has 2 rings (SSSR count). The quantitative estimate of drug-likeness (QED) is 0.813. The number of imidazole rings is 1. The highest BCUT2D eigenvalue weighted by Crippen LogP contribution is 2.06. The molecule has 2 aromatic rings. The molecule has 5 nitrogen and oxygen atoms in total. The maximum absolute atomic E-state index is 5.70. The predicted molar refractivity (Wildman–Crippen MR) is 58.3 cm³/mol. The second kappa shape index (κ2) is 4.16. The molecule has 0 aliphatic heterocycles. The highest BCUT2D eigenvalue weighted by atomic mass is 15.3. The molecular weight excluding hydrogens is 190 g/mol. The van der Waals surface area contributed by atoms with Crippen LogP contribution in [-0.2, 0) is 13.1 Å². The molecule has 0 bridgehead atoms. The first-order chi connectivity index (χ1) is 7.31. The van der Waals surface area contributed by atoms with Crippen LogP contribution in [-0.4, -0.2) is 19.3 Å². The number of nitrogens with zero attached hydrogens (tertiary/aromatic N) is 4. The van der Waals surface area contributed by atoms with Gasteiger partial charge in [-0.15, -0.1) is 0 Å². The van der Waals surface area contributed by atoms with E-state index < -0.39 is 0 Å². The Bertz CT molecular complexity index is 428. The van der Waals surface area contributed by atoms with E-state index in [0.717, 1.165) is 25.2 Å². The molecule has 80 valence electrons. The SMILES string of the molecule is CCCn1nccc1Cn1ccnc1N. The zero-order valence-corrected chi connectivity index (χ0v) is 8.80. The minimum atomic E-state index is 0.541. The monoisotopic (exact) mass is 205 g/mol. The number of anilines is 1. The Kier molecular flexibility index (Phi) is 2.71. The molecule has 0 aliphatic carbocycles. The Morgan fingerprint density at radius 1 is 1.40 bits per heavy atom. The average molecular weight is 205 g/mol. The summed E-state index contributed by atoms with van der Waals surface area (Å²) < 4.78 is 3.91.